The Morgan fingerprint density at radius 1 is 1.23 bits per heavy atom. The van der Waals surface area contributed by atoms with E-state index in [9.17, 15) is 19.8 Å². The van der Waals surface area contributed by atoms with E-state index in [1.807, 2.05) is 0 Å². The highest BCUT2D eigenvalue weighted by Crippen LogP contribution is 2.05. The Morgan fingerprint density at radius 3 is 2.31 bits per heavy atom. The van der Waals surface area contributed by atoms with Gasteiger partial charge >= 0.3 is 0 Å². The van der Waals surface area contributed by atoms with Crippen LogP contribution in [0.4, 0.5) is 0 Å². The molecule has 13 heavy (non-hydrogen) atoms. The smallest absolute Gasteiger partial charge is 0.0950 e. The first-order valence-electron chi connectivity index (χ1n) is 3.42. The van der Waals surface area contributed by atoms with Crippen LogP contribution < -0.4 is 10.2 Å². The molecule has 1 aromatic heterocycles. The Balaban J connectivity index is 3.35. The molecule has 68 valence electrons. The van der Waals surface area contributed by atoms with Crippen molar-refractivity contribution in [2.45, 2.75) is 6.92 Å². The van der Waals surface area contributed by atoms with Crippen LogP contribution in [0.25, 0.3) is 0 Å². The number of carboxylic acids is 2. The number of rotatable bonds is 2. The Labute approximate surface area is 73.7 Å². The highest BCUT2D eigenvalue weighted by atomic mass is 16.4. The van der Waals surface area contributed by atoms with E-state index in [0.717, 1.165) is 6.07 Å². The second-order valence-electron chi connectivity index (χ2n) is 2.42. The Kier molecular flexibility index (Phi) is 2.27. The number of carbonyl (C=O) groups is 2. The van der Waals surface area contributed by atoms with Crippen molar-refractivity contribution in [3.8, 4) is 0 Å². The molecule has 1 aromatic rings. The average Bonchev–Trinajstić information content (AvgIpc) is 2.03. The number of carboxylic acid groups (broad SMARTS) is 2. The predicted octanol–water partition coefficient (Wildman–Crippen LogP) is -1.88. The molecule has 5 nitrogen and oxygen atoms in total. The summed E-state index contributed by atoms with van der Waals surface area (Å²) in [5, 5.41) is 20.8. The van der Waals surface area contributed by atoms with Crippen molar-refractivity contribution in [1.82, 2.24) is 4.98 Å². The molecule has 1 heterocycles. The molecule has 0 unspecified atom stereocenters. The maximum Gasteiger partial charge on any atom is 0.0950 e. The number of hydrogen-bond acceptors (Lipinski definition) is 5. The van der Waals surface area contributed by atoms with E-state index < -0.39 is 23.2 Å². The molecule has 0 radical (unpaired) electrons. The van der Waals surface area contributed by atoms with Crippen molar-refractivity contribution in [3.63, 3.8) is 0 Å². The van der Waals surface area contributed by atoms with Crippen molar-refractivity contribution < 1.29 is 19.8 Å². The molecular weight excluding hydrogens is 174 g/mol. The SMILES string of the molecule is Cc1ccc(C(=O)[O-])c(C(=O)[O-])n1. The van der Waals surface area contributed by atoms with Gasteiger partial charge in [-0.3, -0.25) is 4.98 Å². The number of aryl methyl sites for hydroxylation is 1. The summed E-state index contributed by atoms with van der Waals surface area (Å²) in [4.78, 5) is 24.3. The largest absolute Gasteiger partial charge is 0.545 e. The van der Waals surface area contributed by atoms with Crippen LogP contribution in [0.3, 0.4) is 0 Å². The zero-order valence-electron chi connectivity index (χ0n) is 6.73. The summed E-state index contributed by atoms with van der Waals surface area (Å²) >= 11 is 0. The third-order valence-corrected chi connectivity index (χ3v) is 1.45. The van der Waals surface area contributed by atoms with E-state index in [1.54, 1.807) is 6.92 Å². The lowest BCUT2D eigenvalue weighted by Gasteiger charge is -2.10. The first kappa shape index (κ1) is 9.18. The molecule has 0 atom stereocenters. The lowest BCUT2D eigenvalue weighted by atomic mass is 10.2. The predicted molar refractivity (Wildman–Crippen MR) is 37.6 cm³/mol. The first-order chi connectivity index (χ1) is 6.02. The van der Waals surface area contributed by atoms with Crippen LogP contribution >= 0.6 is 0 Å². The number of carbonyl (C=O) groups excluding carboxylic acids is 2. The Bertz CT molecular complexity index is 372. The van der Waals surface area contributed by atoms with Gasteiger partial charge in [-0.1, -0.05) is 0 Å². The van der Waals surface area contributed by atoms with Crippen molar-refractivity contribution >= 4 is 11.9 Å². The number of aromatic carboxylic acids is 2. The van der Waals surface area contributed by atoms with Crippen LogP contribution in [0, 0.1) is 6.92 Å². The molecule has 0 amide bonds. The third-order valence-electron chi connectivity index (χ3n) is 1.45. The van der Waals surface area contributed by atoms with Gasteiger partial charge in [0.15, 0.2) is 0 Å². The topological polar surface area (TPSA) is 93.1 Å². The fourth-order valence-corrected chi connectivity index (χ4v) is 0.877. The molecule has 1 rings (SSSR count). The average molecular weight is 179 g/mol. The van der Waals surface area contributed by atoms with Gasteiger partial charge in [0.2, 0.25) is 0 Å². The summed E-state index contributed by atoms with van der Waals surface area (Å²) in [5.41, 5.74) is -0.658. The van der Waals surface area contributed by atoms with Gasteiger partial charge in [-0.2, -0.15) is 0 Å². The molecule has 0 aliphatic carbocycles. The van der Waals surface area contributed by atoms with Crippen LogP contribution in [-0.4, -0.2) is 16.9 Å². The summed E-state index contributed by atoms with van der Waals surface area (Å²) in [6.45, 7) is 1.55. The maximum absolute atomic E-state index is 10.4. The zero-order valence-corrected chi connectivity index (χ0v) is 6.73. The van der Waals surface area contributed by atoms with Crippen LogP contribution in [0.15, 0.2) is 12.1 Å². The van der Waals surface area contributed by atoms with Gasteiger partial charge in [0.05, 0.1) is 17.6 Å². The fourth-order valence-electron chi connectivity index (χ4n) is 0.877. The van der Waals surface area contributed by atoms with Crippen LogP contribution in [0.2, 0.25) is 0 Å². The van der Waals surface area contributed by atoms with E-state index in [0.29, 0.717) is 5.69 Å². The molecule has 0 N–H and O–H groups in total. The first-order valence-corrected chi connectivity index (χ1v) is 3.42. The van der Waals surface area contributed by atoms with Crippen LogP contribution in [-0.2, 0) is 0 Å². The highest BCUT2D eigenvalue weighted by molar-refractivity contribution is 5.98. The maximum atomic E-state index is 10.4. The number of aromatic nitrogens is 1. The Morgan fingerprint density at radius 2 is 1.85 bits per heavy atom. The Hall–Kier alpha value is -1.91. The summed E-state index contributed by atoms with van der Waals surface area (Å²) < 4.78 is 0. The normalized spacial score (nSPS) is 9.62. The van der Waals surface area contributed by atoms with Crippen molar-refractivity contribution in [1.29, 1.82) is 0 Å². The van der Waals surface area contributed by atoms with E-state index in [1.165, 1.54) is 6.07 Å². The van der Waals surface area contributed by atoms with E-state index in [4.69, 9.17) is 0 Å². The molecule has 0 aliphatic rings. The van der Waals surface area contributed by atoms with Crippen molar-refractivity contribution in [2.24, 2.45) is 0 Å². The quantitative estimate of drug-likeness (QED) is 0.529. The van der Waals surface area contributed by atoms with Gasteiger partial charge < -0.3 is 19.8 Å². The molecule has 0 saturated carbocycles. The minimum Gasteiger partial charge on any atom is -0.545 e. The van der Waals surface area contributed by atoms with Gasteiger partial charge in [-0.15, -0.1) is 0 Å². The molecule has 0 aliphatic heterocycles. The molecule has 0 saturated heterocycles. The van der Waals surface area contributed by atoms with Crippen molar-refractivity contribution in [3.05, 3.63) is 29.1 Å². The summed E-state index contributed by atoms with van der Waals surface area (Å²) in [6, 6.07) is 2.51. The summed E-state index contributed by atoms with van der Waals surface area (Å²) in [5.74, 6) is -3.20. The van der Waals surface area contributed by atoms with Gasteiger partial charge in [-0.25, -0.2) is 0 Å². The second-order valence-corrected chi connectivity index (χ2v) is 2.42. The van der Waals surface area contributed by atoms with Crippen LogP contribution in [0.5, 0.6) is 0 Å². The highest BCUT2D eigenvalue weighted by Gasteiger charge is 2.05. The lowest BCUT2D eigenvalue weighted by Crippen LogP contribution is -2.31. The molecule has 0 bridgehead atoms. The molecular formula is C8H5NO4-2. The number of nitrogens with zero attached hydrogens (tertiary/aromatic N) is 1. The van der Waals surface area contributed by atoms with Crippen LogP contribution in [0.1, 0.15) is 26.5 Å². The lowest BCUT2D eigenvalue weighted by molar-refractivity contribution is -0.260. The molecule has 0 fully saturated rings. The minimum absolute atomic E-state index is 0.407. The fraction of sp³-hybridized carbons (Fsp3) is 0.125. The molecule has 0 aromatic carbocycles. The van der Waals surface area contributed by atoms with Gasteiger partial charge in [0.25, 0.3) is 0 Å². The zero-order chi connectivity index (χ0) is 10.0. The number of pyridine rings is 1. The molecule has 5 heteroatoms. The summed E-state index contributed by atoms with van der Waals surface area (Å²) in [7, 11) is 0. The monoisotopic (exact) mass is 179 g/mol. The number of hydrogen-bond donors (Lipinski definition) is 0. The van der Waals surface area contributed by atoms with E-state index in [-0.39, 0.29) is 0 Å². The third kappa shape index (κ3) is 1.81. The molecule has 0 spiro atoms. The van der Waals surface area contributed by atoms with Gasteiger partial charge in [0, 0.05) is 11.3 Å². The standard InChI is InChI=1S/C8H7NO4/c1-4-2-3-5(7(10)11)6(9-4)8(12)13/h2-3H,1H3,(H,10,11)(H,12,13)/p-2. The summed E-state index contributed by atoms with van der Waals surface area (Å²) in [6.07, 6.45) is 0. The van der Waals surface area contributed by atoms with E-state index in [2.05, 4.69) is 4.98 Å². The minimum atomic E-state index is -1.62. The second kappa shape index (κ2) is 3.22. The van der Waals surface area contributed by atoms with Gasteiger partial charge in [0.1, 0.15) is 0 Å². The van der Waals surface area contributed by atoms with Crippen molar-refractivity contribution in [2.75, 3.05) is 0 Å². The van der Waals surface area contributed by atoms with Gasteiger partial charge in [-0.05, 0) is 19.1 Å². The van der Waals surface area contributed by atoms with E-state index >= 15 is 0 Å².